The van der Waals surface area contributed by atoms with E-state index in [0.717, 1.165) is 38.6 Å². The first-order valence-electron chi connectivity index (χ1n) is 8.44. The van der Waals surface area contributed by atoms with Gasteiger partial charge in [0.1, 0.15) is 6.04 Å². The number of carbonyl (C=O) groups excluding carboxylic acids is 2. The maximum atomic E-state index is 12.7. The minimum Gasteiger partial charge on any atom is -0.357 e. The molecule has 3 aliphatic heterocycles. The number of rotatable bonds is 3. The molecule has 0 aromatic carbocycles. The summed E-state index contributed by atoms with van der Waals surface area (Å²) in [5.41, 5.74) is 0. The predicted molar refractivity (Wildman–Crippen MR) is 88.0 cm³/mol. The van der Waals surface area contributed by atoms with Gasteiger partial charge in [-0.15, -0.1) is 12.4 Å². The molecular weight excluding hydrogens is 302 g/mol. The zero-order chi connectivity index (χ0) is 14.8. The summed E-state index contributed by atoms with van der Waals surface area (Å²) < 4.78 is 0. The Morgan fingerprint density at radius 3 is 2.45 bits per heavy atom. The van der Waals surface area contributed by atoms with Crippen LogP contribution >= 0.6 is 12.4 Å². The van der Waals surface area contributed by atoms with Crippen LogP contribution in [0.1, 0.15) is 51.4 Å². The Kier molecular flexibility index (Phi) is 6.09. The van der Waals surface area contributed by atoms with Gasteiger partial charge in [-0.05, 0) is 50.9 Å². The molecule has 0 aromatic heterocycles. The SMILES string of the molecule is CNC(=O)C1CCCCN1C(=O)CC1CC2CCC(C1)N2.Cl. The molecule has 3 unspecified atom stereocenters. The van der Waals surface area contributed by atoms with Gasteiger partial charge in [-0.2, -0.15) is 0 Å². The Balaban J connectivity index is 0.00000176. The van der Waals surface area contributed by atoms with Gasteiger partial charge >= 0.3 is 0 Å². The van der Waals surface area contributed by atoms with E-state index in [2.05, 4.69) is 10.6 Å². The molecule has 6 heteroatoms. The molecule has 0 spiro atoms. The van der Waals surface area contributed by atoms with Crippen molar-refractivity contribution in [2.45, 2.75) is 69.5 Å². The Labute approximate surface area is 139 Å². The molecule has 3 heterocycles. The number of nitrogens with one attached hydrogen (secondary N) is 2. The van der Waals surface area contributed by atoms with E-state index in [1.807, 2.05) is 4.90 Å². The van der Waals surface area contributed by atoms with Gasteiger partial charge in [0.15, 0.2) is 0 Å². The molecule has 22 heavy (non-hydrogen) atoms. The number of nitrogens with zero attached hydrogens (tertiary/aromatic N) is 1. The van der Waals surface area contributed by atoms with E-state index in [1.165, 1.54) is 12.8 Å². The van der Waals surface area contributed by atoms with Gasteiger partial charge in [0, 0.05) is 32.1 Å². The lowest BCUT2D eigenvalue weighted by Crippen LogP contribution is -2.52. The lowest BCUT2D eigenvalue weighted by atomic mass is 9.88. The van der Waals surface area contributed by atoms with E-state index in [4.69, 9.17) is 0 Å². The number of hydrogen-bond donors (Lipinski definition) is 2. The lowest BCUT2D eigenvalue weighted by molar-refractivity contribution is -0.143. The average Bonchev–Trinajstić information content (AvgIpc) is 2.85. The first-order valence-corrected chi connectivity index (χ1v) is 8.44. The van der Waals surface area contributed by atoms with Crippen LogP contribution in [0.25, 0.3) is 0 Å². The predicted octanol–water partition coefficient (Wildman–Crippen LogP) is 1.46. The van der Waals surface area contributed by atoms with E-state index in [-0.39, 0.29) is 30.3 Å². The van der Waals surface area contributed by atoms with Crippen LogP contribution < -0.4 is 10.6 Å². The average molecular weight is 330 g/mol. The van der Waals surface area contributed by atoms with Gasteiger partial charge in [0.25, 0.3) is 0 Å². The maximum absolute atomic E-state index is 12.7. The van der Waals surface area contributed by atoms with Crippen LogP contribution in [0, 0.1) is 5.92 Å². The lowest BCUT2D eigenvalue weighted by Gasteiger charge is -2.36. The van der Waals surface area contributed by atoms with Crippen LogP contribution in [-0.4, -0.2) is 48.4 Å². The normalized spacial score (nSPS) is 34.0. The monoisotopic (exact) mass is 329 g/mol. The van der Waals surface area contributed by atoms with Crippen LogP contribution in [0.5, 0.6) is 0 Å². The molecule has 0 aliphatic carbocycles. The minimum atomic E-state index is -0.241. The Hall–Kier alpha value is -0.810. The Bertz CT molecular complexity index is 406. The van der Waals surface area contributed by atoms with Crippen molar-refractivity contribution in [1.29, 1.82) is 0 Å². The summed E-state index contributed by atoms with van der Waals surface area (Å²) in [7, 11) is 1.66. The van der Waals surface area contributed by atoms with Crippen LogP contribution in [0.4, 0.5) is 0 Å². The molecule has 3 atom stereocenters. The molecule has 3 aliphatic rings. The summed E-state index contributed by atoms with van der Waals surface area (Å²) in [6.07, 6.45) is 8.28. The Morgan fingerprint density at radius 1 is 1.14 bits per heavy atom. The summed E-state index contributed by atoms with van der Waals surface area (Å²) in [6.45, 7) is 0.745. The molecule has 3 saturated heterocycles. The molecular formula is C16H28ClN3O2. The van der Waals surface area contributed by atoms with Crippen molar-refractivity contribution in [2.75, 3.05) is 13.6 Å². The smallest absolute Gasteiger partial charge is 0.242 e. The number of amides is 2. The van der Waals surface area contributed by atoms with Crippen LogP contribution in [0.3, 0.4) is 0 Å². The number of fused-ring (bicyclic) bond motifs is 2. The summed E-state index contributed by atoms with van der Waals surface area (Å²) in [6, 6.07) is 1.00. The second-order valence-electron chi connectivity index (χ2n) is 6.89. The number of likely N-dealkylation sites (N-methyl/N-ethyl adjacent to an activating group) is 1. The maximum Gasteiger partial charge on any atom is 0.242 e. The quantitative estimate of drug-likeness (QED) is 0.824. The van der Waals surface area contributed by atoms with Crippen molar-refractivity contribution in [3.8, 4) is 0 Å². The van der Waals surface area contributed by atoms with Gasteiger partial charge in [-0.1, -0.05) is 0 Å². The largest absolute Gasteiger partial charge is 0.357 e. The summed E-state index contributed by atoms with van der Waals surface area (Å²) in [5.74, 6) is 0.687. The molecule has 3 fully saturated rings. The van der Waals surface area contributed by atoms with E-state index >= 15 is 0 Å². The van der Waals surface area contributed by atoms with Crippen molar-refractivity contribution < 1.29 is 9.59 Å². The van der Waals surface area contributed by atoms with E-state index in [9.17, 15) is 9.59 Å². The van der Waals surface area contributed by atoms with Crippen molar-refractivity contribution in [3.05, 3.63) is 0 Å². The molecule has 0 radical (unpaired) electrons. The number of carbonyl (C=O) groups is 2. The van der Waals surface area contributed by atoms with Crippen LogP contribution in [0.15, 0.2) is 0 Å². The first-order chi connectivity index (χ1) is 10.2. The van der Waals surface area contributed by atoms with Crippen LogP contribution in [0.2, 0.25) is 0 Å². The molecule has 2 bridgehead atoms. The number of halogens is 1. The Morgan fingerprint density at radius 2 is 1.82 bits per heavy atom. The molecule has 3 rings (SSSR count). The van der Waals surface area contributed by atoms with Gasteiger partial charge < -0.3 is 15.5 Å². The summed E-state index contributed by atoms with van der Waals surface area (Å²) in [5, 5.41) is 6.32. The molecule has 0 saturated carbocycles. The zero-order valence-corrected chi connectivity index (χ0v) is 14.2. The third kappa shape index (κ3) is 3.74. The third-order valence-corrected chi connectivity index (χ3v) is 5.41. The zero-order valence-electron chi connectivity index (χ0n) is 13.3. The third-order valence-electron chi connectivity index (χ3n) is 5.41. The fraction of sp³-hybridized carbons (Fsp3) is 0.875. The fourth-order valence-electron chi connectivity index (χ4n) is 4.38. The van der Waals surface area contributed by atoms with E-state index < -0.39 is 0 Å². The highest BCUT2D eigenvalue weighted by atomic mass is 35.5. The van der Waals surface area contributed by atoms with Crippen molar-refractivity contribution in [2.24, 2.45) is 5.92 Å². The topological polar surface area (TPSA) is 61.4 Å². The summed E-state index contributed by atoms with van der Waals surface area (Å²) >= 11 is 0. The highest BCUT2D eigenvalue weighted by molar-refractivity contribution is 5.87. The molecule has 2 amide bonds. The van der Waals surface area contributed by atoms with Gasteiger partial charge in [-0.25, -0.2) is 0 Å². The molecule has 2 N–H and O–H groups in total. The van der Waals surface area contributed by atoms with Crippen LogP contribution in [-0.2, 0) is 9.59 Å². The van der Waals surface area contributed by atoms with Crippen molar-refractivity contribution >= 4 is 24.2 Å². The number of likely N-dealkylation sites (tertiary alicyclic amines) is 1. The van der Waals surface area contributed by atoms with Crippen molar-refractivity contribution in [3.63, 3.8) is 0 Å². The van der Waals surface area contributed by atoms with Gasteiger partial charge in [0.05, 0.1) is 0 Å². The van der Waals surface area contributed by atoms with E-state index in [1.54, 1.807) is 7.05 Å². The minimum absolute atomic E-state index is 0. The highest BCUT2D eigenvalue weighted by Crippen LogP contribution is 2.33. The van der Waals surface area contributed by atoms with Gasteiger partial charge in [0.2, 0.25) is 11.8 Å². The summed E-state index contributed by atoms with van der Waals surface area (Å²) in [4.78, 5) is 26.5. The fourth-order valence-corrected chi connectivity index (χ4v) is 4.38. The number of hydrogen-bond acceptors (Lipinski definition) is 3. The van der Waals surface area contributed by atoms with E-state index in [0.29, 0.717) is 24.4 Å². The standard InChI is InChI=1S/C16H27N3O2.ClH/c1-17-16(21)14-4-2-3-7-19(14)15(20)10-11-8-12-5-6-13(9-11)18-12;/h11-14,18H,2-10H2,1H3,(H,17,21);1H. The second kappa shape index (κ2) is 7.64. The molecule has 0 aromatic rings. The molecule has 126 valence electrons. The first kappa shape index (κ1) is 17.5. The van der Waals surface area contributed by atoms with Crippen molar-refractivity contribution in [1.82, 2.24) is 15.5 Å². The van der Waals surface area contributed by atoms with Gasteiger partial charge in [-0.3, -0.25) is 9.59 Å². The second-order valence-corrected chi connectivity index (χ2v) is 6.89. The molecule has 5 nitrogen and oxygen atoms in total. The highest BCUT2D eigenvalue weighted by Gasteiger charge is 2.37. The number of piperidine rings is 2.